The molecule has 0 fully saturated rings. The molecule has 2 aliphatic heterocycles. The zero-order chi connectivity index (χ0) is 38.7. The molecule has 0 saturated heterocycles. The van der Waals surface area contributed by atoms with Crippen LogP contribution in [0.1, 0.15) is 53.2 Å². The first-order valence-corrected chi connectivity index (χ1v) is 19.4. The van der Waals surface area contributed by atoms with Crippen LogP contribution in [0.5, 0.6) is 23.0 Å². The van der Waals surface area contributed by atoms with Crippen molar-refractivity contribution in [3.63, 3.8) is 0 Å². The van der Waals surface area contributed by atoms with E-state index >= 15 is 0 Å². The molecule has 2 heterocycles. The number of rotatable bonds is 19. The Kier molecular flexibility index (Phi) is 13.5. The highest BCUT2D eigenvalue weighted by atomic mass is 16.5. The summed E-state index contributed by atoms with van der Waals surface area (Å²) in [5.74, 6) is 2.29. The maximum atomic E-state index is 13.7. The quantitative estimate of drug-likeness (QED) is 0.0582. The molecule has 6 rings (SSSR count). The smallest absolute Gasteiger partial charge is 0.260 e. The van der Waals surface area contributed by atoms with Crippen LogP contribution >= 0.6 is 0 Å². The van der Waals surface area contributed by atoms with Crippen molar-refractivity contribution in [2.24, 2.45) is 9.98 Å². The van der Waals surface area contributed by atoms with Crippen LogP contribution in [0.25, 0.3) is 0 Å². The number of aryl methyl sites for hydroxylation is 1. The zero-order valence-corrected chi connectivity index (χ0v) is 32.6. The summed E-state index contributed by atoms with van der Waals surface area (Å²) >= 11 is 0. The number of carbonyl (C=O) groups is 1. The topological polar surface area (TPSA) is 105 Å². The predicted octanol–water partition coefficient (Wildman–Crippen LogP) is 8.77. The summed E-state index contributed by atoms with van der Waals surface area (Å²) in [5, 5.41) is 10.1. The van der Waals surface area contributed by atoms with Gasteiger partial charge in [-0.3, -0.25) is 14.8 Å². The van der Waals surface area contributed by atoms with Crippen LogP contribution in [0.2, 0.25) is 19.0 Å². The number of hydrogen-bond donors (Lipinski definition) is 1. The fourth-order valence-electron chi connectivity index (χ4n) is 7.79. The number of aliphatic imine (C=N–C) groups is 2. The highest BCUT2D eigenvalue weighted by Gasteiger charge is 2.29. The average molecular weight is 745 g/mol. The normalized spacial score (nSPS) is 14.5. The molecule has 4 aromatic rings. The number of aliphatic hydroxyl groups is 1. The standard InChI is InChI=1S/C44H53BN4O6/c1-6-18-45(20-12-23-55-43-28-37(46-3)35(26-41(43)53-5)44(51)48-21-17-32-13-7-9-15-38(32)48)19-11-22-54-42-27-36(31(2)24-40(42)52-4)47-29-34-25-33-14-8-10-16-39(33)49(34)30-50/h7-10,13-16,24,26-29,34,50H,3,6,11-12,17-23,25,30H2,1-2,4-5H3. The Hall–Kier alpha value is -5.29. The van der Waals surface area contributed by atoms with E-state index in [9.17, 15) is 9.90 Å². The van der Waals surface area contributed by atoms with Gasteiger partial charge in [-0.1, -0.05) is 68.7 Å². The van der Waals surface area contributed by atoms with Gasteiger partial charge < -0.3 is 33.9 Å². The van der Waals surface area contributed by atoms with Crippen molar-refractivity contribution in [3.05, 3.63) is 95.1 Å². The number of methoxy groups -OCH3 is 2. The fourth-order valence-corrected chi connectivity index (χ4v) is 7.79. The summed E-state index contributed by atoms with van der Waals surface area (Å²) in [6, 6.07) is 23.5. The van der Waals surface area contributed by atoms with E-state index < -0.39 is 0 Å². The number of carbonyl (C=O) groups excluding carboxylic acids is 1. The Morgan fingerprint density at radius 3 is 2.16 bits per heavy atom. The molecule has 1 atom stereocenters. The first-order valence-electron chi connectivity index (χ1n) is 19.4. The first-order chi connectivity index (χ1) is 26.9. The van der Waals surface area contributed by atoms with Crippen molar-refractivity contribution in [2.75, 3.05) is 50.5 Å². The monoisotopic (exact) mass is 744 g/mol. The molecule has 0 aliphatic carbocycles. The highest BCUT2D eigenvalue weighted by Crippen LogP contribution is 2.39. The molecular formula is C44H53BN4O6. The summed E-state index contributed by atoms with van der Waals surface area (Å²) in [7, 11) is 3.24. The Morgan fingerprint density at radius 2 is 1.51 bits per heavy atom. The average Bonchev–Trinajstić information content (AvgIpc) is 3.81. The van der Waals surface area contributed by atoms with Crippen LogP contribution in [-0.2, 0) is 12.8 Å². The van der Waals surface area contributed by atoms with E-state index in [1.54, 1.807) is 31.3 Å². The van der Waals surface area contributed by atoms with Gasteiger partial charge in [0.15, 0.2) is 23.0 Å². The van der Waals surface area contributed by atoms with E-state index in [2.05, 4.69) is 30.8 Å². The molecule has 11 heteroatoms. The SMILES string of the molecule is C=Nc1cc(OCCCB(CCC)CCCOc2cc(N=CC3Cc4ccccc4N3CO)c(C)cc2OC)c(OC)cc1C(=O)N1CCc2ccccc21. The molecule has 0 aromatic heterocycles. The first kappa shape index (κ1) is 39.4. The summed E-state index contributed by atoms with van der Waals surface area (Å²) < 4.78 is 23.9. The summed E-state index contributed by atoms with van der Waals surface area (Å²) in [5.41, 5.74) is 7.08. The molecule has 0 saturated carbocycles. The number of para-hydroxylation sites is 2. The largest absolute Gasteiger partial charge is 0.493 e. The number of amides is 1. The van der Waals surface area contributed by atoms with Crippen LogP contribution < -0.4 is 28.7 Å². The van der Waals surface area contributed by atoms with Crippen molar-refractivity contribution in [1.82, 2.24) is 0 Å². The Balaban J connectivity index is 1.00. The summed E-state index contributed by atoms with van der Waals surface area (Å²) in [6.45, 7) is 10.2. The molecule has 0 radical (unpaired) electrons. The molecular weight excluding hydrogens is 691 g/mol. The van der Waals surface area contributed by atoms with Crippen LogP contribution in [0, 0.1) is 6.92 Å². The van der Waals surface area contributed by atoms with Crippen molar-refractivity contribution >= 4 is 48.3 Å². The van der Waals surface area contributed by atoms with Crippen LogP contribution in [0.3, 0.4) is 0 Å². The third-order valence-corrected chi connectivity index (χ3v) is 10.7. The molecule has 0 bridgehead atoms. The van der Waals surface area contributed by atoms with Gasteiger partial charge in [0.2, 0.25) is 0 Å². The Bertz CT molecular complexity index is 1990. The highest BCUT2D eigenvalue weighted by molar-refractivity contribution is 6.58. The number of nitrogens with zero attached hydrogens (tertiary/aromatic N) is 4. The zero-order valence-electron chi connectivity index (χ0n) is 32.6. The van der Waals surface area contributed by atoms with Gasteiger partial charge in [-0.25, -0.2) is 0 Å². The summed E-state index contributed by atoms with van der Waals surface area (Å²) in [4.78, 5) is 26.5. The predicted molar refractivity (Wildman–Crippen MR) is 224 cm³/mol. The van der Waals surface area contributed by atoms with E-state index in [0.717, 1.165) is 79.3 Å². The lowest BCUT2D eigenvalue weighted by Gasteiger charge is -2.22. The molecule has 10 nitrogen and oxygen atoms in total. The van der Waals surface area contributed by atoms with E-state index in [1.807, 2.05) is 66.6 Å². The molecule has 1 N–H and O–H groups in total. The second-order valence-electron chi connectivity index (χ2n) is 14.2. The number of benzene rings is 4. The van der Waals surface area contributed by atoms with Gasteiger partial charge in [-0.2, -0.15) is 0 Å². The Labute approximate surface area is 325 Å². The Morgan fingerprint density at radius 1 is 0.873 bits per heavy atom. The van der Waals surface area contributed by atoms with Gasteiger partial charge in [0, 0.05) is 36.3 Å². The van der Waals surface area contributed by atoms with E-state index in [4.69, 9.17) is 23.9 Å². The van der Waals surface area contributed by atoms with Gasteiger partial charge in [-0.05, 0) is 80.3 Å². The molecule has 1 unspecified atom stereocenters. The van der Waals surface area contributed by atoms with Crippen molar-refractivity contribution < 1.29 is 28.8 Å². The van der Waals surface area contributed by atoms with Crippen LogP contribution in [0.15, 0.2) is 82.8 Å². The lowest BCUT2D eigenvalue weighted by Crippen LogP contribution is -2.33. The van der Waals surface area contributed by atoms with Crippen molar-refractivity contribution in [3.8, 4) is 23.0 Å². The lowest BCUT2D eigenvalue weighted by molar-refractivity contribution is 0.0989. The van der Waals surface area contributed by atoms with Crippen LogP contribution in [0.4, 0.5) is 22.7 Å². The van der Waals surface area contributed by atoms with E-state index in [0.29, 0.717) is 60.7 Å². The minimum atomic E-state index is -0.125. The van der Waals surface area contributed by atoms with Gasteiger partial charge >= 0.3 is 0 Å². The fraction of sp³-hybridized carbons (Fsp3) is 0.386. The summed E-state index contributed by atoms with van der Waals surface area (Å²) in [6.07, 6.45) is 9.64. The van der Waals surface area contributed by atoms with Gasteiger partial charge in [-0.15, -0.1) is 0 Å². The van der Waals surface area contributed by atoms with Gasteiger partial charge in [0.05, 0.1) is 50.4 Å². The minimum Gasteiger partial charge on any atom is -0.493 e. The molecule has 288 valence electrons. The molecule has 4 aromatic carbocycles. The second kappa shape index (κ2) is 18.8. The van der Waals surface area contributed by atoms with Crippen molar-refractivity contribution in [2.45, 2.75) is 71.0 Å². The number of ether oxygens (including phenoxy) is 4. The number of hydrogen-bond acceptors (Lipinski definition) is 9. The molecule has 2 aliphatic rings. The lowest BCUT2D eigenvalue weighted by atomic mass is 9.41. The van der Waals surface area contributed by atoms with E-state index in [1.165, 1.54) is 5.56 Å². The third kappa shape index (κ3) is 9.16. The number of aliphatic hydroxyl groups excluding tert-OH is 1. The van der Waals surface area contributed by atoms with Gasteiger partial charge in [0.1, 0.15) is 13.4 Å². The third-order valence-electron chi connectivity index (χ3n) is 10.7. The maximum Gasteiger partial charge on any atom is 0.260 e. The van der Waals surface area contributed by atoms with Crippen molar-refractivity contribution in [1.29, 1.82) is 0 Å². The molecule has 55 heavy (non-hydrogen) atoms. The van der Waals surface area contributed by atoms with E-state index in [-0.39, 0.29) is 18.7 Å². The number of anilines is 2. The molecule has 0 spiro atoms. The second-order valence-corrected chi connectivity index (χ2v) is 14.2. The van der Waals surface area contributed by atoms with Gasteiger partial charge in [0.25, 0.3) is 5.91 Å². The number of fused-ring (bicyclic) bond motifs is 2. The molecule has 1 amide bonds. The minimum absolute atomic E-state index is 0.0204. The van der Waals surface area contributed by atoms with Crippen LogP contribution in [-0.4, -0.2) is 77.4 Å². The maximum absolute atomic E-state index is 13.7.